The Kier molecular flexibility index (Phi) is 10.2. The zero-order valence-electron chi connectivity index (χ0n) is 26.6. The van der Waals surface area contributed by atoms with Crippen molar-refractivity contribution >= 4 is 18.1 Å². The van der Waals surface area contributed by atoms with E-state index in [9.17, 15) is 9.59 Å². The van der Waals surface area contributed by atoms with Crippen LogP contribution in [-0.2, 0) is 16.0 Å². The van der Waals surface area contributed by atoms with E-state index in [4.69, 9.17) is 9.47 Å². The minimum atomic E-state index is -0.570. The van der Waals surface area contributed by atoms with E-state index in [2.05, 4.69) is 48.6 Å². The summed E-state index contributed by atoms with van der Waals surface area (Å²) >= 11 is 0. The van der Waals surface area contributed by atoms with E-state index in [-0.39, 0.29) is 18.1 Å². The average Bonchev–Trinajstić information content (AvgIpc) is 3.68. The van der Waals surface area contributed by atoms with Gasteiger partial charge in [0, 0.05) is 24.7 Å². The summed E-state index contributed by atoms with van der Waals surface area (Å²) in [4.78, 5) is 27.7. The summed E-state index contributed by atoms with van der Waals surface area (Å²) in [7, 11) is 0. The maximum absolute atomic E-state index is 13.4. The van der Waals surface area contributed by atoms with Crippen LogP contribution in [0.4, 0.5) is 4.79 Å². The van der Waals surface area contributed by atoms with Crippen LogP contribution in [0, 0.1) is 5.92 Å². The Hall–Kier alpha value is -3.12. The number of nitrogens with one attached hydrogen (secondary N) is 1. The Labute approximate surface area is 252 Å². The molecule has 2 aromatic rings. The SMILES string of the molecule is CCC(=Cc1ccccc1)[C@@H]1C[C@H]1NC1CCC(N(Cc2ccc(C(=O)OC(C)(C)C)cc2)C(=O)OC(C)(C)C)CC1. The van der Waals surface area contributed by atoms with Crippen LogP contribution >= 0.6 is 0 Å². The molecule has 1 N–H and O–H groups in total. The van der Waals surface area contributed by atoms with Crippen LogP contribution in [0.1, 0.15) is 108 Å². The Morgan fingerprint density at radius 3 is 2.07 bits per heavy atom. The number of carbonyl (C=O) groups excluding carboxylic acids is 2. The molecule has 4 rings (SSSR count). The van der Waals surface area contributed by atoms with Crippen LogP contribution in [-0.4, -0.2) is 46.3 Å². The molecule has 2 aliphatic carbocycles. The number of ether oxygens (including phenoxy) is 2. The van der Waals surface area contributed by atoms with Gasteiger partial charge in [-0.1, -0.05) is 61.0 Å². The summed E-state index contributed by atoms with van der Waals surface area (Å²) in [6, 6.07) is 19.1. The fourth-order valence-corrected chi connectivity index (χ4v) is 5.82. The number of hydrogen-bond acceptors (Lipinski definition) is 5. The lowest BCUT2D eigenvalue weighted by atomic mass is 9.89. The van der Waals surface area contributed by atoms with Gasteiger partial charge in [-0.3, -0.25) is 0 Å². The average molecular weight is 575 g/mol. The fourth-order valence-electron chi connectivity index (χ4n) is 5.82. The summed E-state index contributed by atoms with van der Waals surface area (Å²) in [5, 5.41) is 3.93. The number of esters is 1. The zero-order valence-corrected chi connectivity index (χ0v) is 26.6. The molecule has 2 atom stereocenters. The summed E-state index contributed by atoms with van der Waals surface area (Å²) in [6.45, 7) is 14.0. The fraction of sp³-hybridized carbons (Fsp3) is 0.556. The second kappa shape index (κ2) is 13.5. The van der Waals surface area contributed by atoms with Crippen LogP contribution < -0.4 is 5.32 Å². The lowest BCUT2D eigenvalue weighted by Gasteiger charge is -2.38. The highest BCUT2D eigenvalue weighted by atomic mass is 16.6. The Bertz CT molecular complexity index is 1220. The summed E-state index contributed by atoms with van der Waals surface area (Å²) < 4.78 is 11.3. The number of amides is 1. The van der Waals surface area contributed by atoms with E-state index in [0.717, 1.165) is 37.7 Å². The number of hydrogen-bond donors (Lipinski definition) is 1. The van der Waals surface area contributed by atoms with E-state index >= 15 is 0 Å². The number of rotatable bonds is 9. The molecule has 228 valence electrons. The van der Waals surface area contributed by atoms with Crippen molar-refractivity contribution < 1.29 is 19.1 Å². The van der Waals surface area contributed by atoms with Crippen molar-refractivity contribution in [2.75, 3.05) is 0 Å². The van der Waals surface area contributed by atoms with Crippen LogP contribution in [0.5, 0.6) is 0 Å². The van der Waals surface area contributed by atoms with Crippen molar-refractivity contribution in [2.45, 2.75) is 123 Å². The van der Waals surface area contributed by atoms with Crippen molar-refractivity contribution in [3.63, 3.8) is 0 Å². The van der Waals surface area contributed by atoms with Crippen LogP contribution in [0.2, 0.25) is 0 Å². The molecule has 6 nitrogen and oxygen atoms in total. The Morgan fingerprint density at radius 1 is 0.881 bits per heavy atom. The minimum Gasteiger partial charge on any atom is -0.456 e. The Balaban J connectivity index is 1.35. The largest absolute Gasteiger partial charge is 0.456 e. The van der Waals surface area contributed by atoms with Gasteiger partial charge in [0.2, 0.25) is 0 Å². The third-order valence-electron chi connectivity index (χ3n) is 7.98. The first kappa shape index (κ1) is 31.8. The van der Waals surface area contributed by atoms with Gasteiger partial charge in [0.25, 0.3) is 0 Å². The van der Waals surface area contributed by atoms with Gasteiger partial charge in [0.05, 0.1) is 5.56 Å². The summed E-state index contributed by atoms with van der Waals surface area (Å²) in [5.41, 5.74) is 3.16. The quantitative estimate of drug-likeness (QED) is 0.306. The highest BCUT2D eigenvalue weighted by molar-refractivity contribution is 5.89. The molecule has 0 heterocycles. The van der Waals surface area contributed by atoms with Gasteiger partial charge in [0.15, 0.2) is 0 Å². The summed E-state index contributed by atoms with van der Waals surface area (Å²) in [6.07, 6.45) is 8.31. The van der Waals surface area contributed by atoms with Crippen LogP contribution in [0.25, 0.3) is 6.08 Å². The number of nitrogens with zero attached hydrogens (tertiary/aromatic N) is 1. The van der Waals surface area contributed by atoms with Gasteiger partial charge < -0.3 is 19.7 Å². The molecule has 2 fully saturated rings. The van der Waals surface area contributed by atoms with Gasteiger partial charge >= 0.3 is 12.1 Å². The number of benzene rings is 2. The van der Waals surface area contributed by atoms with E-state index in [0.29, 0.717) is 30.1 Å². The van der Waals surface area contributed by atoms with E-state index in [1.165, 1.54) is 17.6 Å². The molecular weight excluding hydrogens is 524 g/mol. The molecule has 2 saturated carbocycles. The number of carbonyl (C=O) groups is 2. The maximum atomic E-state index is 13.4. The lowest BCUT2D eigenvalue weighted by Crippen LogP contribution is -2.47. The molecule has 0 aliphatic heterocycles. The van der Waals surface area contributed by atoms with E-state index in [1.54, 1.807) is 12.1 Å². The molecule has 0 unspecified atom stereocenters. The van der Waals surface area contributed by atoms with Gasteiger partial charge in [-0.25, -0.2) is 9.59 Å². The highest BCUT2D eigenvalue weighted by Gasteiger charge is 2.41. The van der Waals surface area contributed by atoms with Crippen molar-refractivity contribution in [3.05, 3.63) is 76.9 Å². The van der Waals surface area contributed by atoms with Crippen molar-refractivity contribution in [1.82, 2.24) is 10.2 Å². The second-order valence-corrected chi connectivity index (χ2v) is 13.9. The topological polar surface area (TPSA) is 67.9 Å². The molecule has 0 spiro atoms. The predicted molar refractivity (Wildman–Crippen MR) is 169 cm³/mol. The molecule has 2 aromatic carbocycles. The minimum absolute atomic E-state index is 0.114. The van der Waals surface area contributed by atoms with Gasteiger partial charge in [-0.05, 0) is 109 Å². The molecule has 42 heavy (non-hydrogen) atoms. The van der Waals surface area contributed by atoms with Crippen molar-refractivity contribution in [1.29, 1.82) is 0 Å². The predicted octanol–water partition coefficient (Wildman–Crippen LogP) is 8.16. The first-order valence-electron chi connectivity index (χ1n) is 15.6. The van der Waals surface area contributed by atoms with Crippen molar-refractivity contribution in [3.8, 4) is 0 Å². The zero-order chi connectivity index (χ0) is 30.5. The standard InChI is InChI=1S/C36H50N2O4/c1-8-27(22-25-12-10-9-11-13-25)31-23-32(31)37-29-18-20-30(21-19-29)38(34(40)42-36(5,6)7)24-26-14-16-28(17-15-26)33(39)41-35(2,3)4/h9-17,22,29-32,37H,8,18-21,23-24H2,1-7H3/t29?,30?,31-,32+/m0/s1. The molecule has 0 saturated heterocycles. The van der Waals surface area contributed by atoms with Gasteiger partial charge in [-0.2, -0.15) is 0 Å². The third-order valence-corrected chi connectivity index (χ3v) is 7.98. The smallest absolute Gasteiger partial charge is 0.410 e. The van der Waals surface area contributed by atoms with Crippen LogP contribution in [0.15, 0.2) is 60.2 Å². The first-order chi connectivity index (χ1) is 19.8. The monoisotopic (exact) mass is 574 g/mol. The molecule has 6 heteroatoms. The van der Waals surface area contributed by atoms with Crippen molar-refractivity contribution in [2.24, 2.45) is 5.92 Å². The molecule has 0 radical (unpaired) electrons. The molecule has 2 aliphatic rings. The Morgan fingerprint density at radius 2 is 1.50 bits per heavy atom. The van der Waals surface area contributed by atoms with Gasteiger partial charge in [0.1, 0.15) is 11.2 Å². The third kappa shape index (κ3) is 9.45. The molecule has 0 aromatic heterocycles. The van der Waals surface area contributed by atoms with E-state index in [1.807, 2.05) is 58.6 Å². The highest BCUT2D eigenvalue weighted by Crippen LogP contribution is 2.41. The lowest BCUT2D eigenvalue weighted by molar-refractivity contribution is 0.00616. The normalized spacial score (nSPS) is 22.8. The second-order valence-electron chi connectivity index (χ2n) is 13.9. The maximum Gasteiger partial charge on any atom is 0.410 e. The summed E-state index contributed by atoms with van der Waals surface area (Å²) in [5.74, 6) is 0.276. The molecule has 1 amide bonds. The van der Waals surface area contributed by atoms with Gasteiger partial charge in [-0.15, -0.1) is 0 Å². The molecule has 0 bridgehead atoms. The molecular formula is C36H50N2O4. The van der Waals surface area contributed by atoms with Crippen LogP contribution in [0.3, 0.4) is 0 Å². The first-order valence-corrected chi connectivity index (χ1v) is 15.6. The van der Waals surface area contributed by atoms with E-state index < -0.39 is 11.2 Å².